The predicted octanol–water partition coefficient (Wildman–Crippen LogP) is 1.37. The van der Waals surface area contributed by atoms with Crippen LogP contribution in [0.2, 0.25) is 5.15 Å². The van der Waals surface area contributed by atoms with Crippen LogP contribution in [0.3, 0.4) is 0 Å². The minimum atomic E-state index is -0.309. The molecular formula is C8H10ClN3O2S. The third-order valence-electron chi connectivity index (χ3n) is 1.43. The zero-order valence-corrected chi connectivity index (χ0v) is 9.64. The van der Waals surface area contributed by atoms with Crippen LogP contribution in [0.4, 0.5) is 5.69 Å². The molecule has 0 saturated heterocycles. The van der Waals surface area contributed by atoms with Crippen molar-refractivity contribution in [3.05, 3.63) is 11.5 Å². The number of esters is 1. The third-order valence-corrected chi connectivity index (χ3v) is 2.71. The number of rotatable bonds is 4. The number of nitrogen functional groups attached to an aromatic ring is 1. The largest absolute Gasteiger partial charge is 0.465 e. The molecule has 2 N–H and O–H groups in total. The van der Waals surface area contributed by atoms with E-state index >= 15 is 0 Å². The van der Waals surface area contributed by atoms with E-state index in [1.807, 2.05) is 0 Å². The molecule has 7 heteroatoms. The van der Waals surface area contributed by atoms with E-state index in [0.29, 0.717) is 11.6 Å². The first-order chi connectivity index (χ1) is 7.15. The van der Waals surface area contributed by atoms with Crippen LogP contribution in [0.1, 0.15) is 6.92 Å². The Kier molecular flexibility index (Phi) is 4.64. The minimum absolute atomic E-state index is 0.158. The lowest BCUT2D eigenvalue weighted by Crippen LogP contribution is -2.07. The molecule has 0 bridgehead atoms. The van der Waals surface area contributed by atoms with E-state index in [9.17, 15) is 4.79 Å². The fourth-order valence-corrected chi connectivity index (χ4v) is 1.71. The van der Waals surface area contributed by atoms with Crippen molar-refractivity contribution in [1.82, 2.24) is 9.97 Å². The predicted molar refractivity (Wildman–Crippen MR) is 58.8 cm³/mol. The second-order valence-electron chi connectivity index (χ2n) is 2.48. The Hall–Kier alpha value is -1.01. The first kappa shape index (κ1) is 12.1. The highest BCUT2D eigenvalue weighted by atomic mass is 35.5. The number of halogens is 1. The van der Waals surface area contributed by atoms with Gasteiger partial charge in [0.1, 0.15) is 17.0 Å². The maximum absolute atomic E-state index is 11.1. The number of hydrogen-bond acceptors (Lipinski definition) is 6. The van der Waals surface area contributed by atoms with E-state index in [0.717, 1.165) is 0 Å². The SMILES string of the molecule is CCOC(=O)CSc1ncnc(Cl)c1N. The van der Waals surface area contributed by atoms with Crippen LogP contribution < -0.4 is 5.73 Å². The highest BCUT2D eigenvalue weighted by Crippen LogP contribution is 2.26. The molecule has 0 amide bonds. The molecule has 0 aliphatic carbocycles. The second-order valence-corrected chi connectivity index (χ2v) is 3.80. The van der Waals surface area contributed by atoms with Crippen molar-refractivity contribution in [2.75, 3.05) is 18.1 Å². The van der Waals surface area contributed by atoms with Gasteiger partial charge in [-0.1, -0.05) is 23.4 Å². The van der Waals surface area contributed by atoms with Crippen LogP contribution in [-0.2, 0) is 9.53 Å². The Morgan fingerprint density at radius 1 is 1.67 bits per heavy atom. The van der Waals surface area contributed by atoms with Gasteiger partial charge < -0.3 is 10.5 Å². The van der Waals surface area contributed by atoms with Gasteiger partial charge in [0.25, 0.3) is 0 Å². The van der Waals surface area contributed by atoms with E-state index in [4.69, 9.17) is 22.1 Å². The van der Waals surface area contributed by atoms with Crippen LogP contribution in [-0.4, -0.2) is 28.3 Å². The summed E-state index contributed by atoms with van der Waals surface area (Å²) < 4.78 is 4.76. The van der Waals surface area contributed by atoms with Crippen LogP contribution in [0, 0.1) is 0 Å². The number of ether oxygens (including phenoxy) is 1. The van der Waals surface area contributed by atoms with Crippen molar-refractivity contribution >= 4 is 35.0 Å². The van der Waals surface area contributed by atoms with Crippen molar-refractivity contribution in [2.24, 2.45) is 0 Å². The zero-order chi connectivity index (χ0) is 11.3. The van der Waals surface area contributed by atoms with Gasteiger partial charge in [0.15, 0.2) is 5.15 Å². The van der Waals surface area contributed by atoms with E-state index in [1.54, 1.807) is 6.92 Å². The normalized spacial score (nSPS) is 10.0. The van der Waals surface area contributed by atoms with Gasteiger partial charge in [0.05, 0.1) is 12.4 Å². The highest BCUT2D eigenvalue weighted by Gasteiger charge is 2.09. The summed E-state index contributed by atoms with van der Waals surface area (Å²) in [5.74, 6) is -0.151. The fraction of sp³-hybridized carbons (Fsp3) is 0.375. The van der Waals surface area contributed by atoms with Crippen molar-refractivity contribution in [1.29, 1.82) is 0 Å². The summed E-state index contributed by atoms with van der Waals surface area (Å²) in [7, 11) is 0. The molecule has 0 atom stereocenters. The molecule has 1 heterocycles. The second kappa shape index (κ2) is 5.77. The standard InChI is InChI=1S/C8H10ClN3O2S/c1-2-14-5(13)3-15-8-6(10)7(9)11-4-12-8/h4H,2-3,10H2,1H3. The Balaban J connectivity index is 2.58. The Labute approximate surface area is 96.4 Å². The Morgan fingerprint density at radius 3 is 3.07 bits per heavy atom. The van der Waals surface area contributed by atoms with Gasteiger partial charge in [-0.25, -0.2) is 9.97 Å². The van der Waals surface area contributed by atoms with E-state index in [2.05, 4.69) is 9.97 Å². The summed E-state index contributed by atoms with van der Waals surface area (Å²) in [5, 5.41) is 0.680. The number of thioether (sulfide) groups is 1. The first-order valence-electron chi connectivity index (χ1n) is 4.19. The summed E-state index contributed by atoms with van der Waals surface area (Å²) >= 11 is 6.86. The summed E-state index contributed by atoms with van der Waals surface area (Å²) in [6, 6.07) is 0. The van der Waals surface area contributed by atoms with Gasteiger partial charge in [-0.3, -0.25) is 4.79 Å². The minimum Gasteiger partial charge on any atom is -0.465 e. The van der Waals surface area contributed by atoms with Crippen molar-refractivity contribution in [3.63, 3.8) is 0 Å². The van der Waals surface area contributed by atoms with Gasteiger partial charge >= 0.3 is 5.97 Å². The molecule has 1 aromatic heterocycles. The lowest BCUT2D eigenvalue weighted by Gasteiger charge is -2.04. The van der Waals surface area contributed by atoms with Gasteiger partial charge in [0, 0.05) is 0 Å². The number of nitrogens with zero attached hydrogens (tertiary/aromatic N) is 2. The topological polar surface area (TPSA) is 78.1 Å². The number of aromatic nitrogens is 2. The number of carbonyl (C=O) groups excluding carboxylic acids is 1. The molecule has 0 aliphatic heterocycles. The monoisotopic (exact) mass is 247 g/mol. The van der Waals surface area contributed by atoms with Gasteiger partial charge in [-0.15, -0.1) is 0 Å². The van der Waals surface area contributed by atoms with Crippen molar-refractivity contribution in [3.8, 4) is 0 Å². The number of nitrogens with two attached hydrogens (primary N) is 1. The molecular weight excluding hydrogens is 238 g/mol. The fourth-order valence-electron chi connectivity index (χ4n) is 0.804. The lowest BCUT2D eigenvalue weighted by molar-refractivity contribution is -0.139. The molecule has 5 nitrogen and oxygen atoms in total. The van der Waals surface area contributed by atoms with Gasteiger partial charge in [0.2, 0.25) is 0 Å². The smallest absolute Gasteiger partial charge is 0.316 e. The van der Waals surface area contributed by atoms with Crippen molar-refractivity contribution < 1.29 is 9.53 Å². The summed E-state index contributed by atoms with van der Waals surface area (Å²) in [6.07, 6.45) is 1.30. The summed E-state index contributed by atoms with van der Waals surface area (Å²) in [6.45, 7) is 2.11. The number of anilines is 1. The number of carbonyl (C=O) groups is 1. The summed E-state index contributed by atoms with van der Waals surface area (Å²) in [4.78, 5) is 18.7. The lowest BCUT2D eigenvalue weighted by atomic mass is 10.6. The molecule has 0 saturated carbocycles. The molecule has 0 spiro atoms. The van der Waals surface area contributed by atoms with E-state index in [-0.39, 0.29) is 22.6 Å². The van der Waals surface area contributed by atoms with Crippen LogP contribution in [0.15, 0.2) is 11.4 Å². The molecule has 1 rings (SSSR count). The molecule has 1 aromatic rings. The van der Waals surface area contributed by atoms with Crippen LogP contribution in [0.5, 0.6) is 0 Å². The third kappa shape index (κ3) is 3.56. The molecule has 82 valence electrons. The highest BCUT2D eigenvalue weighted by molar-refractivity contribution is 8.00. The molecule has 0 aliphatic rings. The summed E-state index contributed by atoms with van der Waals surface area (Å²) in [5.41, 5.74) is 5.90. The quantitative estimate of drug-likeness (QED) is 0.492. The Bertz CT molecular complexity index is 362. The molecule has 0 aromatic carbocycles. The first-order valence-corrected chi connectivity index (χ1v) is 5.56. The van der Waals surface area contributed by atoms with Crippen LogP contribution >= 0.6 is 23.4 Å². The van der Waals surface area contributed by atoms with E-state index in [1.165, 1.54) is 18.1 Å². The number of hydrogen-bond donors (Lipinski definition) is 1. The molecule has 0 unspecified atom stereocenters. The van der Waals surface area contributed by atoms with Crippen molar-refractivity contribution in [2.45, 2.75) is 11.9 Å². The van der Waals surface area contributed by atoms with Gasteiger partial charge in [-0.05, 0) is 6.92 Å². The molecule has 0 radical (unpaired) electrons. The maximum atomic E-state index is 11.1. The average molecular weight is 248 g/mol. The molecule has 15 heavy (non-hydrogen) atoms. The average Bonchev–Trinajstić information content (AvgIpc) is 2.21. The van der Waals surface area contributed by atoms with Gasteiger partial charge in [-0.2, -0.15) is 0 Å². The van der Waals surface area contributed by atoms with E-state index < -0.39 is 0 Å². The zero-order valence-electron chi connectivity index (χ0n) is 8.07. The molecule has 0 fully saturated rings. The Morgan fingerprint density at radius 2 is 2.40 bits per heavy atom. The van der Waals surface area contributed by atoms with Crippen LogP contribution in [0.25, 0.3) is 0 Å². The maximum Gasteiger partial charge on any atom is 0.316 e.